The second-order valence-electron chi connectivity index (χ2n) is 15.7. The summed E-state index contributed by atoms with van der Waals surface area (Å²) < 4.78 is 23.1. The molecule has 1 unspecified atom stereocenters. The summed E-state index contributed by atoms with van der Waals surface area (Å²) in [6.07, 6.45) is 5.69. The monoisotopic (exact) mass is 698 g/mol. The zero-order valence-electron chi connectivity index (χ0n) is 30.9. The van der Waals surface area contributed by atoms with E-state index in [0.29, 0.717) is 18.1 Å². The Hall–Kier alpha value is -2.99. The highest BCUT2D eigenvalue weighted by molar-refractivity contribution is 6.76. The summed E-state index contributed by atoms with van der Waals surface area (Å²) in [6, 6.07) is 7.91. The maximum absolute atomic E-state index is 12.1. The van der Waals surface area contributed by atoms with Gasteiger partial charge in [0.05, 0.1) is 13.2 Å². The molecule has 10 heteroatoms. The quantitative estimate of drug-likeness (QED) is 0.0814. The molecule has 272 valence electrons. The van der Waals surface area contributed by atoms with E-state index in [4.69, 9.17) is 18.9 Å². The van der Waals surface area contributed by atoms with E-state index < -0.39 is 45.4 Å². The molecular weight excluding hydrogens is 641 g/mol. The van der Waals surface area contributed by atoms with E-state index in [1.54, 1.807) is 24.3 Å². The Morgan fingerprint density at radius 1 is 0.939 bits per heavy atom. The standard InChI is InChI=1S/C39H58O9Si/c1-25(12-11-13-26(2)22-33(41)45-20-21-49(8,9)10)14-19-30-27(3)39(6,7)32(23-38(30,4)5)46-28-15-17-29(18-16-28)47-37-36(44)35(43)34(42)31(24-40)48-37/h11-19,22,31-32,34-37,40,42-44H,20-21,23-24H2,1-10H3/b13-11+,19-14+,25-12+,26-22+/t31-,32?,34-,35+,36-,37-/m1/s1. The van der Waals surface area contributed by atoms with Crippen molar-refractivity contribution < 1.29 is 44.2 Å². The summed E-state index contributed by atoms with van der Waals surface area (Å²) in [6.45, 7) is 21.7. The first kappa shape index (κ1) is 40.4. The molecule has 0 radical (unpaired) electrons. The summed E-state index contributed by atoms with van der Waals surface area (Å²) in [5.74, 6) is 0.741. The first-order valence-corrected chi connectivity index (χ1v) is 20.8. The molecular formula is C39H58O9Si. The van der Waals surface area contributed by atoms with Gasteiger partial charge >= 0.3 is 5.97 Å². The van der Waals surface area contributed by atoms with Crippen molar-refractivity contribution in [1.82, 2.24) is 0 Å². The van der Waals surface area contributed by atoms with Crippen LogP contribution < -0.4 is 9.47 Å². The lowest BCUT2D eigenvalue weighted by molar-refractivity contribution is -0.277. The summed E-state index contributed by atoms with van der Waals surface area (Å²) in [4.78, 5) is 12.1. The molecule has 0 spiro atoms. The summed E-state index contributed by atoms with van der Waals surface area (Å²) in [5.41, 5.74) is 4.03. The molecule has 1 aliphatic carbocycles. The third-order valence-corrected chi connectivity index (χ3v) is 11.2. The molecule has 2 aliphatic rings. The minimum absolute atomic E-state index is 0.103. The first-order chi connectivity index (χ1) is 22.7. The third kappa shape index (κ3) is 11.3. The van der Waals surface area contributed by atoms with Crippen LogP contribution in [0.3, 0.4) is 0 Å². The summed E-state index contributed by atoms with van der Waals surface area (Å²) >= 11 is 0. The molecule has 1 fully saturated rings. The van der Waals surface area contributed by atoms with Crippen LogP contribution in [0.4, 0.5) is 0 Å². The van der Waals surface area contributed by atoms with E-state index >= 15 is 0 Å². The maximum atomic E-state index is 12.1. The second kappa shape index (κ2) is 16.8. The predicted octanol–water partition coefficient (Wildman–Crippen LogP) is 6.27. The number of aliphatic hydroxyl groups is 4. The largest absolute Gasteiger partial charge is 0.490 e. The topological polar surface area (TPSA) is 135 Å². The van der Waals surface area contributed by atoms with Crippen LogP contribution in [0.2, 0.25) is 25.7 Å². The van der Waals surface area contributed by atoms with Crippen molar-refractivity contribution in [1.29, 1.82) is 0 Å². The molecule has 0 aromatic heterocycles. The lowest BCUT2D eigenvalue weighted by atomic mass is 9.61. The molecule has 1 aromatic rings. The second-order valence-corrected chi connectivity index (χ2v) is 21.3. The van der Waals surface area contributed by atoms with E-state index in [9.17, 15) is 25.2 Å². The van der Waals surface area contributed by atoms with Crippen LogP contribution in [0.5, 0.6) is 11.5 Å². The van der Waals surface area contributed by atoms with E-state index in [1.807, 2.05) is 25.2 Å². The molecule has 6 atom stereocenters. The first-order valence-electron chi connectivity index (χ1n) is 17.1. The van der Waals surface area contributed by atoms with Gasteiger partial charge in [-0.3, -0.25) is 0 Å². The van der Waals surface area contributed by atoms with Gasteiger partial charge in [-0.1, -0.05) is 88.9 Å². The minimum Gasteiger partial charge on any atom is -0.490 e. The maximum Gasteiger partial charge on any atom is 0.330 e. The molecule has 1 saturated heterocycles. The number of carbonyl (C=O) groups excluding carboxylic acids is 1. The van der Waals surface area contributed by atoms with Crippen molar-refractivity contribution in [3.8, 4) is 11.5 Å². The van der Waals surface area contributed by atoms with Gasteiger partial charge in [-0.25, -0.2) is 4.79 Å². The molecule has 3 rings (SSSR count). The Kier molecular flexibility index (Phi) is 13.9. The molecule has 1 heterocycles. The van der Waals surface area contributed by atoms with Crippen LogP contribution >= 0.6 is 0 Å². The van der Waals surface area contributed by atoms with Crippen LogP contribution in [0.1, 0.15) is 54.9 Å². The number of benzene rings is 1. The Morgan fingerprint density at radius 3 is 2.14 bits per heavy atom. The smallest absolute Gasteiger partial charge is 0.330 e. The van der Waals surface area contributed by atoms with Crippen LogP contribution in [-0.2, 0) is 14.3 Å². The highest BCUT2D eigenvalue weighted by Gasteiger charge is 2.46. The average Bonchev–Trinajstić information content (AvgIpc) is 3.00. The molecule has 1 aromatic carbocycles. The van der Waals surface area contributed by atoms with Gasteiger partial charge in [0, 0.05) is 19.6 Å². The van der Waals surface area contributed by atoms with E-state index in [1.165, 1.54) is 17.2 Å². The van der Waals surface area contributed by atoms with Crippen molar-refractivity contribution in [2.75, 3.05) is 13.2 Å². The van der Waals surface area contributed by atoms with Gasteiger partial charge in [-0.15, -0.1) is 0 Å². The number of aliphatic hydroxyl groups excluding tert-OH is 4. The fraction of sp³-hybridized carbons (Fsp3) is 0.564. The molecule has 4 N–H and O–H groups in total. The van der Waals surface area contributed by atoms with Gasteiger partial charge in [-0.05, 0) is 74.1 Å². The highest BCUT2D eigenvalue weighted by Crippen LogP contribution is 2.50. The van der Waals surface area contributed by atoms with Crippen molar-refractivity contribution in [3.05, 3.63) is 83.0 Å². The van der Waals surface area contributed by atoms with Crippen molar-refractivity contribution in [2.45, 2.75) is 117 Å². The fourth-order valence-corrected chi connectivity index (χ4v) is 6.59. The average molecular weight is 699 g/mol. The van der Waals surface area contributed by atoms with Crippen molar-refractivity contribution in [2.24, 2.45) is 10.8 Å². The normalized spacial score (nSPS) is 27.9. The van der Waals surface area contributed by atoms with Gasteiger partial charge < -0.3 is 39.4 Å². The summed E-state index contributed by atoms with van der Waals surface area (Å²) in [5, 5.41) is 39.8. The third-order valence-electron chi connectivity index (χ3n) is 9.48. The minimum atomic E-state index is -1.51. The fourth-order valence-electron chi connectivity index (χ4n) is 5.88. The molecule has 1 aliphatic heterocycles. The number of rotatable bonds is 13. The van der Waals surface area contributed by atoms with Crippen LogP contribution in [0, 0.1) is 10.8 Å². The zero-order valence-corrected chi connectivity index (χ0v) is 31.9. The van der Waals surface area contributed by atoms with Crippen LogP contribution in [0.15, 0.2) is 83.0 Å². The SMILES string of the molecule is CC1=C(/C=C/C(C)=C/C=C/C(C)=C/C(=O)OCC[Si](C)(C)C)C(C)(C)CC(Oc2ccc(O[C@@H]3O[C@H](CO)[C@@H](O)[C@H](O)[C@H]3O)cc2)C1(C)C. The molecule has 0 bridgehead atoms. The number of hydrogen-bond acceptors (Lipinski definition) is 9. The Balaban J connectivity index is 1.65. The Labute approximate surface area is 293 Å². The lowest BCUT2D eigenvalue weighted by Gasteiger charge is -2.47. The number of esters is 1. The molecule has 0 amide bonds. The van der Waals surface area contributed by atoms with E-state index in [-0.39, 0.29) is 22.9 Å². The van der Waals surface area contributed by atoms with E-state index in [0.717, 1.165) is 23.6 Å². The Morgan fingerprint density at radius 2 is 1.55 bits per heavy atom. The van der Waals surface area contributed by atoms with Gasteiger partial charge in [0.1, 0.15) is 42.0 Å². The number of ether oxygens (including phenoxy) is 4. The summed E-state index contributed by atoms with van der Waals surface area (Å²) in [7, 11) is -1.24. The van der Waals surface area contributed by atoms with Crippen molar-refractivity contribution >= 4 is 14.0 Å². The van der Waals surface area contributed by atoms with Crippen LogP contribution in [-0.4, -0.2) is 84.5 Å². The molecule has 49 heavy (non-hydrogen) atoms. The molecule has 0 saturated carbocycles. The van der Waals surface area contributed by atoms with Crippen LogP contribution in [0.25, 0.3) is 0 Å². The van der Waals surface area contributed by atoms with E-state index in [2.05, 4.69) is 73.3 Å². The van der Waals surface area contributed by atoms with Crippen molar-refractivity contribution in [3.63, 3.8) is 0 Å². The lowest BCUT2D eigenvalue weighted by Crippen LogP contribution is -2.60. The number of hydrogen-bond donors (Lipinski definition) is 4. The van der Waals surface area contributed by atoms with Gasteiger partial charge in [0.15, 0.2) is 0 Å². The Bertz CT molecular complexity index is 1430. The predicted molar refractivity (Wildman–Crippen MR) is 195 cm³/mol. The molecule has 9 nitrogen and oxygen atoms in total. The number of allylic oxidation sites excluding steroid dienone is 8. The van der Waals surface area contributed by atoms with Gasteiger partial charge in [-0.2, -0.15) is 0 Å². The number of carbonyl (C=O) groups is 1. The van der Waals surface area contributed by atoms with Gasteiger partial charge in [0.2, 0.25) is 6.29 Å². The van der Waals surface area contributed by atoms with Gasteiger partial charge in [0.25, 0.3) is 0 Å². The highest BCUT2D eigenvalue weighted by atomic mass is 28.3. The zero-order chi connectivity index (χ0) is 36.7.